The molecule has 1 aromatic rings. The highest BCUT2D eigenvalue weighted by Crippen LogP contribution is 2.25. The first-order chi connectivity index (χ1) is 8.39. The van der Waals surface area contributed by atoms with Gasteiger partial charge in [-0.3, -0.25) is 0 Å². The van der Waals surface area contributed by atoms with E-state index in [1.165, 1.54) is 6.07 Å². The van der Waals surface area contributed by atoms with Crippen LogP contribution < -0.4 is 5.32 Å². The lowest BCUT2D eigenvalue weighted by molar-refractivity contribution is 0.446. The highest BCUT2D eigenvalue weighted by Gasteiger charge is 2.30. The van der Waals surface area contributed by atoms with Crippen molar-refractivity contribution >= 4 is 9.84 Å². The Morgan fingerprint density at radius 1 is 1.28 bits per heavy atom. The molecule has 3 nitrogen and oxygen atoms in total. The van der Waals surface area contributed by atoms with Crippen LogP contribution in [0.15, 0.2) is 18.2 Å². The largest absolute Gasteiger partial charge is 0.306 e. The minimum atomic E-state index is -3.28. The van der Waals surface area contributed by atoms with Gasteiger partial charge in [0.25, 0.3) is 0 Å². The van der Waals surface area contributed by atoms with Gasteiger partial charge in [-0.25, -0.2) is 17.2 Å². The van der Waals surface area contributed by atoms with Crippen molar-refractivity contribution in [3.63, 3.8) is 0 Å². The van der Waals surface area contributed by atoms with Gasteiger partial charge < -0.3 is 5.32 Å². The second kappa shape index (κ2) is 4.93. The predicted molar refractivity (Wildman–Crippen MR) is 65.0 cm³/mol. The van der Waals surface area contributed by atoms with Gasteiger partial charge in [0.2, 0.25) is 0 Å². The molecule has 1 aliphatic heterocycles. The number of benzene rings is 1. The molecule has 1 heterocycles. The van der Waals surface area contributed by atoms with E-state index < -0.39 is 27.5 Å². The van der Waals surface area contributed by atoms with Crippen LogP contribution in [0.2, 0.25) is 0 Å². The van der Waals surface area contributed by atoms with Gasteiger partial charge in [-0.05, 0) is 25.5 Å². The normalized spacial score (nSPS) is 27.7. The van der Waals surface area contributed by atoms with Crippen molar-refractivity contribution < 1.29 is 17.2 Å². The SMILES string of the molecule is CC1CCS(=O)(=O)CC(c2c(F)cccc2F)N1. The minimum absolute atomic E-state index is 0.0493. The fraction of sp³-hybridized carbons (Fsp3) is 0.500. The molecule has 2 atom stereocenters. The zero-order valence-electron chi connectivity index (χ0n) is 9.99. The highest BCUT2D eigenvalue weighted by atomic mass is 32.2. The minimum Gasteiger partial charge on any atom is -0.306 e. The van der Waals surface area contributed by atoms with Crippen LogP contribution in [0, 0.1) is 11.6 Å². The van der Waals surface area contributed by atoms with E-state index >= 15 is 0 Å². The third-order valence-electron chi connectivity index (χ3n) is 3.12. The zero-order valence-corrected chi connectivity index (χ0v) is 10.8. The second-order valence-corrected chi connectivity index (χ2v) is 6.89. The molecule has 0 radical (unpaired) electrons. The van der Waals surface area contributed by atoms with E-state index in [1.54, 1.807) is 0 Å². The molecule has 0 amide bonds. The van der Waals surface area contributed by atoms with Gasteiger partial charge in [-0.1, -0.05) is 6.07 Å². The van der Waals surface area contributed by atoms with Gasteiger partial charge in [-0.15, -0.1) is 0 Å². The van der Waals surface area contributed by atoms with Crippen LogP contribution in [-0.4, -0.2) is 26.0 Å². The van der Waals surface area contributed by atoms with Gasteiger partial charge in [0.15, 0.2) is 9.84 Å². The van der Waals surface area contributed by atoms with E-state index in [1.807, 2.05) is 6.92 Å². The van der Waals surface area contributed by atoms with Gasteiger partial charge in [0.1, 0.15) is 11.6 Å². The third-order valence-corrected chi connectivity index (χ3v) is 4.82. The van der Waals surface area contributed by atoms with Crippen molar-refractivity contribution in [2.45, 2.75) is 25.4 Å². The molecule has 0 aromatic heterocycles. The first-order valence-electron chi connectivity index (χ1n) is 5.79. The third kappa shape index (κ3) is 2.87. The molecule has 100 valence electrons. The highest BCUT2D eigenvalue weighted by molar-refractivity contribution is 7.91. The lowest BCUT2D eigenvalue weighted by Crippen LogP contribution is -2.32. The average Bonchev–Trinajstić information content (AvgIpc) is 2.37. The standard InChI is InChI=1S/C12H15F2NO2S/c1-8-5-6-18(16,17)7-11(15-8)12-9(13)3-2-4-10(12)14/h2-4,8,11,15H,5-7H2,1H3. The Morgan fingerprint density at radius 2 is 1.89 bits per heavy atom. The summed E-state index contributed by atoms with van der Waals surface area (Å²) in [5.41, 5.74) is -0.185. The molecule has 0 aliphatic carbocycles. The van der Waals surface area contributed by atoms with Crippen LogP contribution in [0.5, 0.6) is 0 Å². The molecule has 1 N–H and O–H groups in total. The number of hydrogen-bond acceptors (Lipinski definition) is 3. The van der Waals surface area contributed by atoms with E-state index in [4.69, 9.17) is 0 Å². The van der Waals surface area contributed by atoms with Crippen LogP contribution in [0.4, 0.5) is 8.78 Å². The molecule has 6 heteroatoms. The second-order valence-electron chi connectivity index (χ2n) is 4.66. The summed E-state index contributed by atoms with van der Waals surface area (Å²) in [5, 5.41) is 2.97. The van der Waals surface area contributed by atoms with Crippen LogP contribution in [0.3, 0.4) is 0 Å². The molecule has 2 rings (SSSR count). The van der Waals surface area contributed by atoms with E-state index in [0.29, 0.717) is 6.42 Å². The fourth-order valence-electron chi connectivity index (χ4n) is 2.18. The number of hydrogen-bond donors (Lipinski definition) is 1. The van der Waals surface area contributed by atoms with E-state index in [2.05, 4.69) is 5.32 Å². The van der Waals surface area contributed by atoms with Crippen molar-refractivity contribution in [1.29, 1.82) is 0 Å². The number of rotatable bonds is 1. The molecule has 18 heavy (non-hydrogen) atoms. The Bertz CT molecular complexity index is 525. The first kappa shape index (κ1) is 13.4. The van der Waals surface area contributed by atoms with Crippen molar-refractivity contribution in [3.05, 3.63) is 35.4 Å². The number of nitrogens with one attached hydrogen (secondary N) is 1. The Balaban J connectivity index is 2.42. The average molecular weight is 275 g/mol. The molecule has 2 unspecified atom stereocenters. The molecule has 1 aliphatic rings. The molecule has 0 bridgehead atoms. The fourth-order valence-corrected chi connectivity index (χ4v) is 3.83. The molecule has 1 fully saturated rings. The summed E-state index contributed by atoms with van der Waals surface area (Å²) in [6.07, 6.45) is 0.453. The molecule has 1 aromatic carbocycles. The van der Waals surface area contributed by atoms with Gasteiger partial charge >= 0.3 is 0 Å². The van der Waals surface area contributed by atoms with Crippen molar-refractivity contribution in [2.75, 3.05) is 11.5 Å². The van der Waals surface area contributed by atoms with Crippen molar-refractivity contribution in [3.8, 4) is 0 Å². The van der Waals surface area contributed by atoms with Crippen LogP contribution in [0.1, 0.15) is 24.9 Å². The lowest BCUT2D eigenvalue weighted by Gasteiger charge is -2.20. The van der Waals surface area contributed by atoms with Crippen LogP contribution in [-0.2, 0) is 9.84 Å². The predicted octanol–water partition coefficient (Wildman–Crippen LogP) is 1.80. The summed E-state index contributed by atoms with van der Waals surface area (Å²) in [7, 11) is -3.28. The number of sulfone groups is 1. The molecular weight excluding hydrogens is 260 g/mol. The first-order valence-corrected chi connectivity index (χ1v) is 7.61. The maximum absolute atomic E-state index is 13.7. The quantitative estimate of drug-likeness (QED) is 0.850. The summed E-state index contributed by atoms with van der Waals surface area (Å²) < 4.78 is 50.8. The van der Waals surface area contributed by atoms with E-state index in [-0.39, 0.29) is 23.1 Å². The Morgan fingerprint density at radius 3 is 2.50 bits per heavy atom. The molecular formula is C12H15F2NO2S. The Labute approximate surface area is 105 Å². The van der Waals surface area contributed by atoms with E-state index in [9.17, 15) is 17.2 Å². The molecule has 0 spiro atoms. The summed E-state index contributed by atoms with van der Waals surface area (Å²) in [5.74, 6) is -1.64. The smallest absolute Gasteiger partial charge is 0.152 e. The maximum atomic E-state index is 13.7. The summed E-state index contributed by atoms with van der Waals surface area (Å²) in [4.78, 5) is 0. The van der Waals surface area contributed by atoms with Gasteiger partial charge in [0, 0.05) is 11.6 Å². The lowest BCUT2D eigenvalue weighted by atomic mass is 10.1. The van der Waals surface area contributed by atoms with Crippen molar-refractivity contribution in [2.24, 2.45) is 0 Å². The van der Waals surface area contributed by atoms with Crippen LogP contribution >= 0.6 is 0 Å². The van der Waals surface area contributed by atoms with Crippen LogP contribution in [0.25, 0.3) is 0 Å². The Kier molecular flexibility index (Phi) is 3.68. The zero-order chi connectivity index (χ0) is 13.3. The monoisotopic (exact) mass is 275 g/mol. The van der Waals surface area contributed by atoms with E-state index in [0.717, 1.165) is 12.1 Å². The molecule has 0 saturated carbocycles. The van der Waals surface area contributed by atoms with Gasteiger partial charge in [0.05, 0.1) is 17.5 Å². The summed E-state index contributed by atoms with van der Waals surface area (Å²) in [6, 6.07) is 2.63. The summed E-state index contributed by atoms with van der Waals surface area (Å²) in [6.45, 7) is 1.81. The van der Waals surface area contributed by atoms with Gasteiger partial charge in [-0.2, -0.15) is 0 Å². The maximum Gasteiger partial charge on any atom is 0.152 e. The Hall–Kier alpha value is -1.01. The summed E-state index contributed by atoms with van der Waals surface area (Å²) >= 11 is 0. The number of halogens is 2. The molecule has 1 saturated heterocycles. The van der Waals surface area contributed by atoms with Crippen molar-refractivity contribution in [1.82, 2.24) is 5.32 Å². The topological polar surface area (TPSA) is 46.2 Å².